The molecule has 1 atom stereocenters. The Morgan fingerprint density at radius 3 is 3.33 bits per heavy atom. The molecule has 1 amide bonds. The van der Waals surface area contributed by atoms with Gasteiger partial charge in [0.15, 0.2) is 0 Å². The molecule has 0 aromatic rings. The van der Waals surface area contributed by atoms with Gasteiger partial charge in [0.1, 0.15) is 0 Å². The van der Waals surface area contributed by atoms with E-state index in [-0.39, 0.29) is 5.91 Å². The Kier molecular flexibility index (Phi) is 1.79. The van der Waals surface area contributed by atoms with Crippen LogP contribution < -0.4 is 5.32 Å². The average molecular weight is 166 g/mol. The molecule has 0 spiro atoms. The van der Waals surface area contributed by atoms with Crippen molar-refractivity contribution in [3.05, 3.63) is 11.8 Å². The smallest absolute Gasteiger partial charge is 0.248 e. The van der Waals surface area contributed by atoms with Crippen molar-refractivity contribution in [2.24, 2.45) is 0 Å². The predicted molar refractivity (Wildman–Crippen MR) is 46.5 cm³/mol. The number of fused-ring (bicyclic) bond motifs is 1. The fourth-order valence-corrected chi connectivity index (χ4v) is 2.04. The highest BCUT2D eigenvalue weighted by molar-refractivity contribution is 5.92. The van der Waals surface area contributed by atoms with Gasteiger partial charge < -0.3 is 10.2 Å². The lowest BCUT2D eigenvalue weighted by molar-refractivity contribution is -0.124. The Labute approximate surface area is 72.4 Å². The van der Waals surface area contributed by atoms with Crippen LogP contribution in [0, 0.1) is 0 Å². The number of carbonyl (C=O) groups is 1. The first-order chi connectivity index (χ1) is 5.83. The van der Waals surface area contributed by atoms with Crippen molar-refractivity contribution in [3.8, 4) is 0 Å². The van der Waals surface area contributed by atoms with Gasteiger partial charge in [-0.25, -0.2) is 0 Å². The Morgan fingerprint density at radius 2 is 2.58 bits per heavy atom. The van der Waals surface area contributed by atoms with Crippen LogP contribution in [0.25, 0.3) is 0 Å². The number of hydrogen-bond acceptors (Lipinski definition) is 2. The normalized spacial score (nSPS) is 27.4. The highest BCUT2D eigenvalue weighted by Crippen LogP contribution is 2.27. The van der Waals surface area contributed by atoms with Crippen molar-refractivity contribution >= 4 is 5.91 Å². The molecular weight excluding hydrogens is 152 g/mol. The summed E-state index contributed by atoms with van der Waals surface area (Å²) >= 11 is 0. The number of hydrogen-bond donors (Lipinski definition) is 1. The molecule has 0 aromatic carbocycles. The summed E-state index contributed by atoms with van der Waals surface area (Å²) in [6, 6.07) is 0.373. The van der Waals surface area contributed by atoms with E-state index in [1.165, 1.54) is 0 Å². The SMILES string of the molecule is CCNC1=CC(=O)N2CCCC12. The van der Waals surface area contributed by atoms with Crippen molar-refractivity contribution in [1.29, 1.82) is 0 Å². The Balaban J connectivity index is 2.14. The molecule has 2 aliphatic heterocycles. The number of carbonyl (C=O) groups excluding carboxylic acids is 1. The Bertz CT molecular complexity index is 235. The van der Waals surface area contributed by atoms with Crippen LogP contribution in [-0.4, -0.2) is 29.9 Å². The minimum Gasteiger partial charge on any atom is -0.387 e. The van der Waals surface area contributed by atoms with Crippen molar-refractivity contribution in [3.63, 3.8) is 0 Å². The summed E-state index contributed by atoms with van der Waals surface area (Å²) in [4.78, 5) is 13.3. The quantitative estimate of drug-likeness (QED) is 0.647. The van der Waals surface area contributed by atoms with Crippen LogP contribution in [0.15, 0.2) is 11.8 Å². The van der Waals surface area contributed by atoms with E-state index in [4.69, 9.17) is 0 Å². The third kappa shape index (κ3) is 1.00. The fourth-order valence-electron chi connectivity index (χ4n) is 2.04. The van der Waals surface area contributed by atoms with Crippen molar-refractivity contribution in [2.75, 3.05) is 13.1 Å². The molecule has 1 N–H and O–H groups in total. The maximum atomic E-state index is 11.4. The molecule has 3 heteroatoms. The first kappa shape index (κ1) is 7.65. The average Bonchev–Trinajstić information content (AvgIpc) is 2.58. The molecule has 2 rings (SSSR count). The zero-order valence-electron chi connectivity index (χ0n) is 7.34. The van der Waals surface area contributed by atoms with Gasteiger partial charge in [0.2, 0.25) is 5.91 Å². The van der Waals surface area contributed by atoms with Crippen LogP contribution in [0.1, 0.15) is 19.8 Å². The lowest BCUT2D eigenvalue weighted by atomic mass is 10.2. The number of amides is 1. The lowest BCUT2D eigenvalue weighted by Gasteiger charge is -2.18. The summed E-state index contributed by atoms with van der Waals surface area (Å²) < 4.78 is 0. The zero-order chi connectivity index (χ0) is 8.55. The Hall–Kier alpha value is -0.990. The standard InChI is InChI=1S/C9H14N2O/c1-2-10-7-6-9(12)11-5-3-4-8(7)11/h6,8,10H,2-5H2,1H3. The van der Waals surface area contributed by atoms with E-state index < -0.39 is 0 Å². The summed E-state index contributed by atoms with van der Waals surface area (Å²) in [6.45, 7) is 3.90. The molecular formula is C9H14N2O. The number of nitrogens with zero attached hydrogens (tertiary/aromatic N) is 1. The Morgan fingerprint density at radius 1 is 1.75 bits per heavy atom. The summed E-state index contributed by atoms with van der Waals surface area (Å²) in [6.07, 6.45) is 4.02. The second-order valence-electron chi connectivity index (χ2n) is 3.32. The van der Waals surface area contributed by atoms with Crippen LogP contribution in [0.4, 0.5) is 0 Å². The molecule has 1 saturated heterocycles. The van der Waals surface area contributed by atoms with Gasteiger partial charge in [0, 0.05) is 24.9 Å². The van der Waals surface area contributed by atoms with Crippen LogP contribution in [0.5, 0.6) is 0 Å². The van der Waals surface area contributed by atoms with Gasteiger partial charge in [-0.3, -0.25) is 4.79 Å². The van der Waals surface area contributed by atoms with Gasteiger partial charge in [0.25, 0.3) is 0 Å². The van der Waals surface area contributed by atoms with E-state index in [2.05, 4.69) is 12.2 Å². The van der Waals surface area contributed by atoms with E-state index in [0.717, 1.165) is 31.6 Å². The molecule has 2 heterocycles. The first-order valence-electron chi connectivity index (χ1n) is 4.59. The van der Waals surface area contributed by atoms with Crippen LogP contribution in [-0.2, 0) is 4.79 Å². The third-order valence-corrected chi connectivity index (χ3v) is 2.55. The van der Waals surface area contributed by atoms with E-state index >= 15 is 0 Å². The number of likely N-dealkylation sites (N-methyl/N-ethyl adjacent to an activating group) is 1. The van der Waals surface area contributed by atoms with Crippen molar-refractivity contribution < 1.29 is 4.79 Å². The monoisotopic (exact) mass is 166 g/mol. The maximum Gasteiger partial charge on any atom is 0.248 e. The summed E-state index contributed by atoms with van der Waals surface area (Å²) in [5.41, 5.74) is 1.13. The summed E-state index contributed by atoms with van der Waals surface area (Å²) in [5, 5.41) is 3.24. The molecule has 3 nitrogen and oxygen atoms in total. The van der Waals surface area contributed by atoms with Crippen LogP contribution >= 0.6 is 0 Å². The highest BCUT2D eigenvalue weighted by Gasteiger charge is 2.35. The second-order valence-corrected chi connectivity index (χ2v) is 3.32. The van der Waals surface area contributed by atoms with E-state index in [0.29, 0.717) is 6.04 Å². The van der Waals surface area contributed by atoms with Gasteiger partial charge >= 0.3 is 0 Å². The molecule has 0 aliphatic carbocycles. The molecule has 12 heavy (non-hydrogen) atoms. The number of rotatable bonds is 2. The van der Waals surface area contributed by atoms with Crippen LogP contribution in [0.3, 0.4) is 0 Å². The largest absolute Gasteiger partial charge is 0.387 e. The molecule has 0 bridgehead atoms. The lowest BCUT2D eigenvalue weighted by Crippen LogP contribution is -2.32. The van der Waals surface area contributed by atoms with Gasteiger partial charge in [-0.05, 0) is 19.8 Å². The minimum atomic E-state index is 0.188. The van der Waals surface area contributed by atoms with Crippen LogP contribution in [0.2, 0.25) is 0 Å². The van der Waals surface area contributed by atoms with Crippen molar-refractivity contribution in [1.82, 2.24) is 10.2 Å². The molecule has 1 fully saturated rings. The third-order valence-electron chi connectivity index (χ3n) is 2.55. The molecule has 0 aromatic heterocycles. The van der Waals surface area contributed by atoms with Gasteiger partial charge in [-0.15, -0.1) is 0 Å². The van der Waals surface area contributed by atoms with Gasteiger partial charge in [-0.1, -0.05) is 0 Å². The summed E-state index contributed by atoms with van der Waals surface area (Å²) in [7, 11) is 0. The molecule has 2 aliphatic rings. The summed E-state index contributed by atoms with van der Waals surface area (Å²) in [5.74, 6) is 0.188. The highest BCUT2D eigenvalue weighted by atomic mass is 16.2. The fraction of sp³-hybridized carbons (Fsp3) is 0.667. The second kappa shape index (κ2) is 2.81. The van der Waals surface area contributed by atoms with Gasteiger partial charge in [-0.2, -0.15) is 0 Å². The number of nitrogens with one attached hydrogen (secondary N) is 1. The minimum absolute atomic E-state index is 0.188. The predicted octanol–water partition coefficient (Wildman–Crippen LogP) is 0.484. The maximum absolute atomic E-state index is 11.4. The zero-order valence-corrected chi connectivity index (χ0v) is 7.34. The van der Waals surface area contributed by atoms with E-state index in [1.807, 2.05) is 4.90 Å². The molecule has 66 valence electrons. The van der Waals surface area contributed by atoms with Gasteiger partial charge in [0.05, 0.1) is 6.04 Å². The first-order valence-corrected chi connectivity index (χ1v) is 4.59. The molecule has 0 radical (unpaired) electrons. The van der Waals surface area contributed by atoms with E-state index in [1.54, 1.807) is 6.08 Å². The topological polar surface area (TPSA) is 32.3 Å². The van der Waals surface area contributed by atoms with Crippen molar-refractivity contribution in [2.45, 2.75) is 25.8 Å². The molecule has 1 unspecified atom stereocenters. The molecule has 0 saturated carbocycles. The van der Waals surface area contributed by atoms with E-state index in [9.17, 15) is 4.79 Å².